The topological polar surface area (TPSA) is 46.9 Å². The first kappa shape index (κ1) is 15.0. The van der Waals surface area contributed by atoms with Gasteiger partial charge in [-0.05, 0) is 44.7 Å². The van der Waals surface area contributed by atoms with Gasteiger partial charge in [0.15, 0.2) is 0 Å². The lowest BCUT2D eigenvalue weighted by Crippen LogP contribution is -2.38. The van der Waals surface area contributed by atoms with Crippen molar-refractivity contribution in [3.8, 4) is 0 Å². The maximum absolute atomic E-state index is 12.4. The van der Waals surface area contributed by atoms with E-state index in [1.807, 2.05) is 24.3 Å². The average molecular weight is 297 g/mol. The van der Waals surface area contributed by atoms with Gasteiger partial charge >= 0.3 is 0 Å². The Morgan fingerprint density at radius 1 is 1.36 bits per heavy atom. The van der Waals surface area contributed by atoms with E-state index >= 15 is 0 Å². The Labute approximate surface area is 130 Å². The van der Waals surface area contributed by atoms with Gasteiger partial charge in [0.25, 0.3) is 5.56 Å². The van der Waals surface area contributed by atoms with Gasteiger partial charge in [-0.25, -0.2) is 4.68 Å². The largest absolute Gasteiger partial charge is 0.312 e. The van der Waals surface area contributed by atoms with Gasteiger partial charge in [-0.1, -0.05) is 30.4 Å². The van der Waals surface area contributed by atoms with E-state index < -0.39 is 0 Å². The molecule has 0 saturated heterocycles. The minimum atomic E-state index is -0.00708. The number of nitrogens with one attached hydrogen (secondary N) is 1. The number of fused-ring (bicyclic) bond motifs is 1. The first-order chi connectivity index (χ1) is 10.7. The van der Waals surface area contributed by atoms with Gasteiger partial charge in [0.1, 0.15) is 0 Å². The Hall–Kier alpha value is -1.94. The van der Waals surface area contributed by atoms with Crippen LogP contribution in [0.25, 0.3) is 10.8 Å². The van der Waals surface area contributed by atoms with E-state index in [0.717, 1.165) is 23.7 Å². The molecule has 0 aliphatic heterocycles. The van der Waals surface area contributed by atoms with Crippen LogP contribution in [0.5, 0.6) is 0 Å². The van der Waals surface area contributed by atoms with E-state index in [0.29, 0.717) is 12.5 Å². The molecular formula is C18H23N3O. The van der Waals surface area contributed by atoms with Crippen LogP contribution in [0.4, 0.5) is 0 Å². The van der Waals surface area contributed by atoms with Crippen LogP contribution in [0.2, 0.25) is 0 Å². The molecule has 1 aliphatic rings. The van der Waals surface area contributed by atoms with Gasteiger partial charge in [0.05, 0.1) is 18.1 Å². The third kappa shape index (κ3) is 3.45. The van der Waals surface area contributed by atoms with Crippen molar-refractivity contribution in [2.45, 2.75) is 38.8 Å². The van der Waals surface area contributed by atoms with Crippen molar-refractivity contribution in [1.29, 1.82) is 0 Å². The summed E-state index contributed by atoms with van der Waals surface area (Å²) in [5.41, 5.74) is -0.00708. The summed E-state index contributed by atoms with van der Waals surface area (Å²) in [5.74, 6) is 0.716. The summed E-state index contributed by atoms with van der Waals surface area (Å²) in [7, 11) is 0. The van der Waals surface area contributed by atoms with Gasteiger partial charge in [-0.3, -0.25) is 4.79 Å². The van der Waals surface area contributed by atoms with Gasteiger partial charge in [-0.15, -0.1) is 0 Å². The zero-order valence-corrected chi connectivity index (χ0v) is 13.0. The number of aromatic nitrogens is 2. The highest BCUT2D eigenvalue weighted by atomic mass is 16.1. The summed E-state index contributed by atoms with van der Waals surface area (Å²) in [6.07, 6.45) is 9.91. The summed E-state index contributed by atoms with van der Waals surface area (Å²) in [5, 5.41) is 9.48. The zero-order chi connectivity index (χ0) is 15.4. The molecule has 0 fully saturated rings. The standard InChI is InChI=1S/C18H23N3O/c1-14(19-11-15-7-3-2-4-8-15)13-21-18(22)17-10-6-5-9-16(17)12-20-21/h2-3,5-6,9-10,12,14-15,19H,4,7-8,11,13H2,1H3. The fourth-order valence-corrected chi connectivity index (χ4v) is 2.99. The van der Waals surface area contributed by atoms with Crippen LogP contribution in [0.15, 0.2) is 47.4 Å². The third-order valence-corrected chi connectivity index (χ3v) is 4.34. The van der Waals surface area contributed by atoms with Crippen LogP contribution in [0.1, 0.15) is 26.2 Å². The van der Waals surface area contributed by atoms with Crippen molar-refractivity contribution in [2.24, 2.45) is 5.92 Å². The number of benzene rings is 1. The van der Waals surface area contributed by atoms with E-state index in [2.05, 4.69) is 29.5 Å². The highest BCUT2D eigenvalue weighted by Crippen LogP contribution is 2.17. The average Bonchev–Trinajstić information content (AvgIpc) is 2.57. The van der Waals surface area contributed by atoms with Crippen LogP contribution in [-0.2, 0) is 6.54 Å². The van der Waals surface area contributed by atoms with Crippen LogP contribution < -0.4 is 10.9 Å². The maximum atomic E-state index is 12.4. The first-order valence-electron chi connectivity index (χ1n) is 8.07. The normalized spacial score (nSPS) is 19.4. The molecule has 1 aromatic heterocycles. The smallest absolute Gasteiger partial charge is 0.274 e. The second-order valence-electron chi connectivity index (χ2n) is 6.18. The minimum absolute atomic E-state index is 0.00708. The Kier molecular flexibility index (Phi) is 4.68. The zero-order valence-electron chi connectivity index (χ0n) is 13.0. The monoisotopic (exact) mass is 297 g/mol. The van der Waals surface area contributed by atoms with Crippen LogP contribution in [-0.4, -0.2) is 22.4 Å². The number of allylic oxidation sites excluding steroid dienone is 2. The second-order valence-corrected chi connectivity index (χ2v) is 6.18. The number of nitrogens with zero attached hydrogens (tertiary/aromatic N) is 2. The van der Waals surface area contributed by atoms with E-state index in [1.54, 1.807) is 10.9 Å². The van der Waals surface area contributed by atoms with Crippen LogP contribution in [0.3, 0.4) is 0 Å². The predicted molar refractivity (Wildman–Crippen MR) is 89.9 cm³/mol. The molecule has 4 nitrogen and oxygen atoms in total. The molecule has 2 unspecified atom stereocenters. The Morgan fingerprint density at radius 2 is 2.23 bits per heavy atom. The summed E-state index contributed by atoms with van der Waals surface area (Å²) in [6.45, 7) is 3.72. The van der Waals surface area contributed by atoms with Crippen LogP contribution >= 0.6 is 0 Å². The lowest BCUT2D eigenvalue weighted by Gasteiger charge is -2.21. The molecule has 4 heteroatoms. The summed E-state index contributed by atoms with van der Waals surface area (Å²) < 4.78 is 1.57. The summed E-state index contributed by atoms with van der Waals surface area (Å²) >= 11 is 0. The summed E-state index contributed by atoms with van der Waals surface area (Å²) in [6, 6.07) is 7.84. The lowest BCUT2D eigenvalue weighted by atomic mass is 9.94. The number of hydrogen-bond donors (Lipinski definition) is 1. The highest BCUT2D eigenvalue weighted by Gasteiger charge is 2.12. The minimum Gasteiger partial charge on any atom is -0.312 e. The Balaban J connectivity index is 1.63. The van der Waals surface area contributed by atoms with Crippen molar-refractivity contribution in [2.75, 3.05) is 6.54 Å². The third-order valence-electron chi connectivity index (χ3n) is 4.34. The van der Waals surface area contributed by atoms with Gasteiger partial charge in [0.2, 0.25) is 0 Å². The predicted octanol–water partition coefficient (Wildman–Crippen LogP) is 2.73. The molecule has 116 valence electrons. The highest BCUT2D eigenvalue weighted by molar-refractivity contribution is 5.80. The number of rotatable bonds is 5. The molecule has 0 radical (unpaired) electrons. The SMILES string of the molecule is CC(Cn1ncc2ccccc2c1=O)NCC1CC=CCC1. The van der Waals surface area contributed by atoms with E-state index in [-0.39, 0.29) is 11.6 Å². The molecule has 2 atom stereocenters. The molecule has 1 N–H and O–H groups in total. The van der Waals surface area contributed by atoms with Gasteiger partial charge in [0, 0.05) is 11.4 Å². The number of hydrogen-bond acceptors (Lipinski definition) is 3. The maximum Gasteiger partial charge on any atom is 0.274 e. The fourth-order valence-electron chi connectivity index (χ4n) is 2.99. The molecule has 0 spiro atoms. The quantitative estimate of drug-likeness (QED) is 0.863. The summed E-state index contributed by atoms with van der Waals surface area (Å²) in [4.78, 5) is 12.4. The molecular weight excluding hydrogens is 274 g/mol. The van der Waals surface area contributed by atoms with Gasteiger partial charge < -0.3 is 5.32 Å². The molecule has 0 saturated carbocycles. The molecule has 2 aromatic rings. The van der Waals surface area contributed by atoms with Gasteiger partial charge in [-0.2, -0.15) is 5.10 Å². The van der Waals surface area contributed by atoms with Crippen molar-refractivity contribution in [3.05, 3.63) is 53.0 Å². The van der Waals surface area contributed by atoms with Crippen molar-refractivity contribution in [1.82, 2.24) is 15.1 Å². The van der Waals surface area contributed by atoms with Crippen molar-refractivity contribution >= 4 is 10.8 Å². The van der Waals surface area contributed by atoms with E-state index in [1.165, 1.54) is 12.8 Å². The van der Waals surface area contributed by atoms with Crippen molar-refractivity contribution < 1.29 is 0 Å². The lowest BCUT2D eigenvalue weighted by molar-refractivity contribution is 0.378. The second kappa shape index (κ2) is 6.88. The Morgan fingerprint density at radius 3 is 3.05 bits per heavy atom. The molecule has 1 aliphatic carbocycles. The Bertz CT molecular complexity index is 720. The molecule has 1 aromatic carbocycles. The molecule has 0 amide bonds. The van der Waals surface area contributed by atoms with Crippen molar-refractivity contribution in [3.63, 3.8) is 0 Å². The first-order valence-corrected chi connectivity index (χ1v) is 8.07. The molecule has 22 heavy (non-hydrogen) atoms. The fraction of sp³-hybridized carbons (Fsp3) is 0.444. The molecule has 3 rings (SSSR count). The van der Waals surface area contributed by atoms with Crippen LogP contribution in [0, 0.1) is 5.92 Å². The van der Waals surface area contributed by atoms with E-state index in [4.69, 9.17) is 0 Å². The van der Waals surface area contributed by atoms with E-state index in [9.17, 15) is 4.79 Å². The molecule has 1 heterocycles. The molecule has 0 bridgehead atoms.